The van der Waals surface area contributed by atoms with Gasteiger partial charge in [-0.1, -0.05) is 24.3 Å². The first-order valence-electron chi connectivity index (χ1n) is 6.56. The summed E-state index contributed by atoms with van der Waals surface area (Å²) in [4.78, 5) is 16.6. The summed E-state index contributed by atoms with van der Waals surface area (Å²) < 4.78 is 5.24. The number of benzene rings is 2. The number of rotatable bonds is 3. The number of carbonyl (C=O) groups is 1. The third kappa shape index (κ3) is 2.56. The molecule has 4 heteroatoms. The molecule has 1 amide bonds. The Labute approximate surface area is 122 Å². The molecule has 104 valence electrons. The van der Waals surface area contributed by atoms with Crippen LogP contribution in [0.25, 0.3) is 10.8 Å². The van der Waals surface area contributed by atoms with E-state index in [1.807, 2.05) is 30.3 Å². The summed E-state index contributed by atoms with van der Waals surface area (Å²) in [6.45, 7) is 0. The summed E-state index contributed by atoms with van der Waals surface area (Å²) in [6.07, 6.45) is 3.41. The second-order valence-electron chi connectivity index (χ2n) is 4.56. The highest BCUT2D eigenvalue weighted by Gasteiger charge is 2.12. The predicted molar refractivity (Wildman–Crippen MR) is 82.7 cm³/mol. The lowest BCUT2D eigenvalue weighted by Crippen LogP contribution is -2.13. The molecule has 0 aliphatic carbocycles. The smallest absolute Gasteiger partial charge is 0.256 e. The zero-order valence-corrected chi connectivity index (χ0v) is 11.5. The van der Waals surface area contributed by atoms with Crippen molar-refractivity contribution in [2.75, 3.05) is 12.4 Å². The van der Waals surface area contributed by atoms with Crippen molar-refractivity contribution in [1.82, 2.24) is 4.98 Å². The van der Waals surface area contributed by atoms with Gasteiger partial charge in [0.1, 0.15) is 5.75 Å². The van der Waals surface area contributed by atoms with E-state index in [9.17, 15) is 4.79 Å². The van der Waals surface area contributed by atoms with Gasteiger partial charge in [-0.15, -0.1) is 0 Å². The predicted octanol–water partition coefficient (Wildman–Crippen LogP) is 3.50. The third-order valence-electron chi connectivity index (χ3n) is 3.28. The molecule has 21 heavy (non-hydrogen) atoms. The van der Waals surface area contributed by atoms with Gasteiger partial charge in [-0.25, -0.2) is 0 Å². The number of methoxy groups -OCH3 is 1. The zero-order valence-electron chi connectivity index (χ0n) is 11.5. The molecule has 0 aliphatic rings. The van der Waals surface area contributed by atoms with Crippen molar-refractivity contribution in [3.63, 3.8) is 0 Å². The Balaban J connectivity index is 1.98. The molecule has 0 saturated heterocycles. The van der Waals surface area contributed by atoms with Crippen LogP contribution in [0.15, 0.2) is 60.9 Å². The number of fused-ring (bicyclic) bond motifs is 1. The normalized spacial score (nSPS) is 10.3. The van der Waals surface area contributed by atoms with Gasteiger partial charge in [-0.3, -0.25) is 9.78 Å². The standard InChI is InChI=1S/C17H14N2O2/c1-21-16-8-3-2-7-15(16)19-17(20)13-6-4-5-12-9-10-18-11-14(12)13/h2-11H,1H3,(H,19,20). The number of carbonyl (C=O) groups excluding carboxylic acids is 1. The molecule has 4 nitrogen and oxygen atoms in total. The van der Waals surface area contributed by atoms with Gasteiger partial charge >= 0.3 is 0 Å². The lowest BCUT2D eigenvalue weighted by atomic mass is 10.1. The molecule has 0 fully saturated rings. The highest BCUT2D eigenvalue weighted by molar-refractivity contribution is 6.13. The number of aromatic nitrogens is 1. The number of nitrogens with zero attached hydrogens (tertiary/aromatic N) is 1. The maximum atomic E-state index is 12.5. The van der Waals surface area contributed by atoms with Crippen molar-refractivity contribution in [1.29, 1.82) is 0 Å². The summed E-state index contributed by atoms with van der Waals surface area (Å²) >= 11 is 0. The largest absolute Gasteiger partial charge is 0.495 e. The van der Waals surface area contributed by atoms with E-state index >= 15 is 0 Å². The van der Waals surface area contributed by atoms with E-state index in [1.54, 1.807) is 37.7 Å². The number of nitrogens with one attached hydrogen (secondary N) is 1. The van der Waals surface area contributed by atoms with Crippen molar-refractivity contribution >= 4 is 22.4 Å². The minimum Gasteiger partial charge on any atom is -0.495 e. The van der Waals surface area contributed by atoms with Gasteiger partial charge in [0.25, 0.3) is 5.91 Å². The fourth-order valence-corrected chi connectivity index (χ4v) is 2.25. The number of para-hydroxylation sites is 2. The fraction of sp³-hybridized carbons (Fsp3) is 0.0588. The van der Waals surface area contributed by atoms with Crippen LogP contribution in [0, 0.1) is 0 Å². The Morgan fingerprint density at radius 1 is 1.10 bits per heavy atom. The van der Waals surface area contributed by atoms with E-state index in [2.05, 4.69) is 10.3 Å². The Morgan fingerprint density at radius 2 is 1.95 bits per heavy atom. The van der Waals surface area contributed by atoms with Crippen molar-refractivity contribution in [3.8, 4) is 5.75 Å². The fourth-order valence-electron chi connectivity index (χ4n) is 2.25. The molecule has 3 rings (SSSR count). The van der Waals surface area contributed by atoms with E-state index in [1.165, 1.54) is 0 Å². The van der Waals surface area contributed by atoms with E-state index in [0.717, 1.165) is 10.8 Å². The number of ether oxygens (including phenoxy) is 1. The van der Waals surface area contributed by atoms with Crippen molar-refractivity contribution < 1.29 is 9.53 Å². The highest BCUT2D eigenvalue weighted by Crippen LogP contribution is 2.25. The van der Waals surface area contributed by atoms with Crippen LogP contribution in [-0.4, -0.2) is 18.0 Å². The number of anilines is 1. The third-order valence-corrected chi connectivity index (χ3v) is 3.28. The molecule has 1 aromatic heterocycles. The lowest BCUT2D eigenvalue weighted by molar-refractivity contribution is 0.102. The summed E-state index contributed by atoms with van der Waals surface area (Å²) in [5, 5.41) is 4.69. The van der Waals surface area contributed by atoms with E-state index in [0.29, 0.717) is 17.0 Å². The van der Waals surface area contributed by atoms with Crippen LogP contribution in [0.1, 0.15) is 10.4 Å². The molecule has 0 saturated carbocycles. The lowest BCUT2D eigenvalue weighted by Gasteiger charge is -2.11. The molecular weight excluding hydrogens is 264 g/mol. The summed E-state index contributed by atoms with van der Waals surface area (Å²) in [7, 11) is 1.58. The van der Waals surface area contributed by atoms with E-state index < -0.39 is 0 Å². The first-order chi connectivity index (χ1) is 10.3. The topological polar surface area (TPSA) is 51.2 Å². The summed E-state index contributed by atoms with van der Waals surface area (Å²) in [6, 6.07) is 14.8. The average Bonchev–Trinajstić information content (AvgIpc) is 2.54. The van der Waals surface area contributed by atoms with Crippen molar-refractivity contribution in [2.24, 2.45) is 0 Å². The molecule has 0 bridgehead atoms. The number of pyridine rings is 1. The second-order valence-corrected chi connectivity index (χ2v) is 4.56. The molecule has 3 aromatic rings. The summed E-state index contributed by atoms with van der Waals surface area (Å²) in [5.41, 5.74) is 1.23. The van der Waals surface area contributed by atoms with Gasteiger partial charge in [0.15, 0.2) is 0 Å². The first kappa shape index (κ1) is 13.1. The SMILES string of the molecule is COc1ccccc1NC(=O)c1cccc2ccncc12. The zero-order chi connectivity index (χ0) is 14.7. The van der Waals surface area contributed by atoms with Crippen LogP contribution >= 0.6 is 0 Å². The Bertz CT molecular complexity index is 794. The van der Waals surface area contributed by atoms with E-state index in [4.69, 9.17) is 4.74 Å². The molecule has 1 heterocycles. The Hall–Kier alpha value is -2.88. The van der Waals surface area contributed by atoms with Crippen LogP contribution in [0.2, 0.25) is 0 Å². The molecule has 0 radical (unpaired) electrons. The average molecular weight is 278 g/mol. The Kier molecular flexibility index (Phi) is 3.51. The van der Waals surface area contributed by atoms with E-state index in [-0.39, 0.29) is 5.91 Å². The first-order valence-corrected chi connectivity index (χ1v) is 6.56. The molecule has 0 unspecified atom stereocenters. The number of hydrogen-bond acceptors (Lipinski definition) is 3. The molecule has 2 aromatic carbocycles. The Morgan fingerprint density at radius 3 is 2.81 bits per heavy atom. The monoisotopic (exact) mass is 278 g/mol. The van der Waals surface area contributed by atoms with Gasteiger partial charge in [-0.2, -0.15) is 0 Å². The minimum absolute atomic E-state index is 0.182. The maximum Gasteiger partial charge on any atom is 0.256 e. The molecule has 1 N–H and O–H groups in total. The van der Waals surface area contributed by atoms with Gasteiger partial charge in [-0.05, 0) is 29.7 Å². The van der Waals surface area contributed by atoms with Gasteiger partial charge < -0.3 is 10.1 Å². The molecule has 0 atom stereocenters. The highest BCUT2D eigenvalue weighted by atomic mass is 16.5. The van der Waals surface area contributed by atoms with Crippen LogP contribution in [0.4, 0.5) is 5.69 Å². The van der Waals surface area contributed by atoms with Gasteiger partial charge in [0, 0.05) is 23.3 Å². The second kappa shape index (κ2) is 5.63. The summed E-state index contributed by atoms with van der Waals surface area (Å²) in [5.74, 6) is 0.447. The van der Waals surface area contributed by atoms with Crippen LogP contribution in [-0.2, 0) is 0 Å². The van der Waals surface area contributed by atoms with Gasteiger partial charge in [0.05, 0.1) is 12.8 Å². The maximum absolute atomic E-state index is 12.5. The number of hydrogen-bond donors (Lipinski definition) is 1. The van der Waals surface area contributed by atoms with Crippen molar-refractivity contribution in [3.05, 3.63) is 66.5 Å². The molecular formula is C17H14N2O2. The molecule has 0 spiro atoms. The minimum atomic E-state index is -0.182. The molecule has 0 aliphatic heterocycles. The van der Waals surface area contributed by atoms with Crippen LogP contribution < -0.4 is 10.1 Å². The quantitative estimate of drug-likeness (QED) is 0.797. The van der Waals surface area contributed by atoms with Crippen LogP contribution in [0.5, 0.6) is 5.75 Å². The van der Waals surface area contributed by atoms with Crippen LogP contribution in [0.3, 0.4) is 0 Å². The van der Waals surface area contributed by atoms with Crippen molar-refractivity contribution in [2.45, 2.75) is 0 Å². The number of amides is 1. The van der Waals surface area contributed by atoms with Gasteiger partial charge in [0.2, 0.25) is 0 Å².